The molecule has 190 valence electrons. The van der Waals surface area contributed by atoms with E-state index in [4.69, 9.17) is 10.00 Å². The van der Waals surface area contributed by atoms with Crippen molar-refractivity contribution in [2.24, 2.45) is 5.92 Å². The molecule has 5 heteroatoms. The summed E-state index contributed by atoms with van der Waals surface area (Å²) < 4.78 is 22.9. The number of allylic oxidation sites excluding steroid dienone is 2. The number of ether oxygens (including phenoxy) is 1. The van der Waals surface area contributed by atoms with Gasteiger partial charge in [-0.15, -0.1) is 5.10 Å². The zero-order valence-electron chi connectivity index (χ0n) is 21.3. The Morgan fingerprint density at radius 2 is 1.71 bits per heavy atom. The molecule has 1 aromatic heterocycles. The molecule has 2 fully saturated rings. The molecule has 1 unspecified atom stereocenters. The second kappa shape index (κ2) is 10.8. The number of halogens is 1. The third kappa shape index (κ3) is 4.68. The molecule has 3 aromatic carbocycles. The van der Waals surface area contributed by atoms with Crippen molar-refractivity contribution in [2.75, 3.05) is 6.61 Å². The lowest BCUT2D eigenvalue weighted by Crippen LogP contribution is -2.19. The van der Waals surface area contributed by atoms with Crippen LogP contribution in [-0.2, 0) is 4.74 Å². The van der Waals surface area contributed by atoms with Gasteiger partial charge in [-0.05, 0) is 89.6 Å². The van der Waals surface area contributed by atoms with Crippen LogP contribution in [0.4, 0.5) is 4.39 Å². The molecule has 1 saturated carbocycles. The van der Waals surface area contributed by atoms with E-state index < -0.39 is 5.95 Å². The molecule has 2 aliphatic rings. The average Bonchev–Trinajstić information content (AvgIpc) is 3.28. The van der Waals surface area contributed by atoms with Crippen LogP contribution in [0.3, 0.4) is 0 Å². The molecule has 2 heterocycles. The van der Waals surface area contributed by atoms with Crippen LogP contribution in [0.15, 0.2) is 78.9 Å². The number of aromatic nitrogens is 2. The average molecular weight is 504 g/mol. The van der Waals surface area contributed by atoms with E-state index in [1.807, 2.05) is 30.3 Å². The molecule has 4 aromatic rings. The van der Waals surface area contributed by atoms with Gasteiger partial charge in [0, 0.05) is 12.7 Å². The fourth-order valence-corrected chi connectivity index (χ4v) is 5.67. The first-order valence-electron chi connectivity index (χ1n) is 13.5. The Hall–Kier alpha value is -4.01. The maximum atomic E-state index is 15.3. The Labute approximate surface area is 222 Å². The van der Waals surface area contributed by atoms with E-state index in [0.29, 0.717) is 17.9 Å². The van der Waals surface area contributed by atoms with Gasteiger partial charge in [0.15, 0.2) is 6.23 Å². The monoisotopic (exact) mass is 503 g/mol. The van der Waals surface area contributed by atoms with Crippen LogP contribution in [0, 0.1) is 23.2 Å². The highest BCUT2D eigenvalue weighted by Crippen LogP contribution is 2.45. The highest BCUT2D eigenvalue weighted by atomic mass is 19.1. The van der Waals surface area contributed by atoms with Gasteiger partial charge in [0.05, 0.1) is 17.0 Å². The lowest BCUT2D eigenvalue weighted by Gasteiger charge is -2.31. The fourth-order valence-electron chi connectivity index (χ4n) is 5.67. The van der Waals surface area contributed by atoms with Crippen LogP contribution in [0.2, 0.25) is 0 Å². The summed E-state index contributed by atoms with van der Waals surface area (Å²) in [5.41, 5.74) is 7.42. The minimum Gasteiger partial charge on any atom is -0.356 e. The standard InChI is InChI=1S/C33H30FN3O/c34-33-28-22-27(18-19-29(28)37(36-33)30-13-4-5-21-38-30)32(26-16-14-23(15-17-26)8-7-20-35)31(25-11-6-12-25)24-9-2-1-3-10-24/h1-3,7-10,14-19,22,25,30H,4-6,11-13,21H2. The van der Waals surface area contributed by atoms with Gasteiger partial charge in [0.1, 0.15) is 0 Å². The first-order valence-corrected chi connectivity index (χ1v) is 13.5. The Morgan fingerprint density at radius 3 is 2.39 bits per heavy atom. The third-order valence-corrected chi connectivity index (χ3v) is 7.80. The summed E-state index contributed by atoms with van der Waals surface area (Å²) >= 11 is 0. The van der Waals surface area contributed by atoms with E-state index in [2.05, 4.69) is 53.6 Å². The van der Waals surface area contributed by atoms with Crippen molar-refractivity contribution in [3.8, 4) is 6.07 Å². The molecule has 0 radical (unpaired) electrons. The van der Waals surface area contributed by atoms with Crippen molar-refractivity contribution in [1.82, 2.24) is 9.78 Å². The number of rotatable bonds is 6. The zero-order chi connectivity index (χ0) is 25.9. The van der Waals surface area contributed by atoms with Gasteiger partial charge < -0.3 is 4.74 Å². The molecular weight excluding hydrogens is 473 g/mol. The van der Waals surface area contributed by atoms with Gasteiger partial charge >= 0.3 is 0 Å². The molecule has 0 N–H and O–H groups in total. The molecule has 1 atom stereocenters. The number of hydrogen-bond donors (Lipinski definition) is 0. The van der Waals surface area contributed by atoms with E-state index in [0.717, 1.165) is 59.9 Å². The summed E-state index contributed by atoms with van der Waals surface area (Å²) in [5.74, 6) is -0.0123. The molecular formula is C33H30FN3O. The molecule has 0 amide bonds. The first-order chi connectivity index (χ1) is 18.7. The molecule has 0 bridgehead atoms. The second-order valence-corrected chi connectivity index (χ2v) is 10.2. The predicted octanol–water partition coefficient (Wildman–Crippen LogP) is 8.17. The van der Waals surface area contributed by atoms with Crippen LogP contribution in [-0.4, -0.2) is 16.4 Å². The van der Waals surface area contributed by atoms with Crippen molar-refractivity contribution < 1.29 is 9.13 Å². The predicted molar refractivity (Wildman–Crippen MR) is 149 cm³/mol. The lowest BCUT2D eigenvalue weighted by molar-refractivity contribution is -0.0375. The van der Waals surface area contributed by atoms with Crippen molar-refractivity contribution >= 4 is 28.1 Å². The molecule has 6 rings (SSSR count). The van der Waals surface area contributed by atoms with E-state index in [1.165, 1.54) is 23.6 Å². The molecule has 38 heavy (non-hydrogen) atoms. The summed E-state index contributed by atoms with van der Waals surface area (Å²) in [6.45, 7) is 0.681. The van der Waals surface area contributed by atoms with Crippen molar-refractivity contribution in [3.05, 3.63) is 107 Å². The van der Waals surface area contributed by atoms with E-state index >= 15 is 4.39 Å². The van der Waals surface area contributed by atoms with Crippen LogP contribution in [0.1, 0.15) is 67.0 Å². The topological polar surface area (TPSA) is 50.8 Å². The number of fused-ring (bicyclic) bond motifs is 1. The summed E-state index contributed by atoms with van der Waals surface area (Å²) in [4.78, 5) is 0. The van der Waals surface area contributed by atoms with Crippen LogP contribution in [0.5, 0.6) is 0 Å². The molecule has 4 nitrogen and oxygen atoms in total. The van der Waals surface area contributed by atoms with Crippen molar-refractivity contribution in [3.63, 3.8) is 0 Å². The lowest BCUT2D eigenvalue weighted by atomic mass is 9.73. The minimum absolute atomic E-state index is 0.222. The quantitative estimate of drug-likeness (QED) is 0.197. The zero-order valence-corrected chi connectivity index (χ0v) is 21.3. The number of hydrogen-bond acceptors (Lipinski definition) is 3. The molecule has 1 aliphatic carbocycles. The van der Waals surface area contributed by atoms with E-state index in [-0.39, 0.29) is 6.23 Å². The molecule has 1 saturated heterocycles. The Balaban J connectivity index is 1.53. The summed E-state index contributed by atoms with van der Waals surface area (Å²) in [7, 11) is 0. The number of benzene rings is 3. The van der Waals surface area contributed by atoms with Crippen LogP contribution >= 0.6 is 0 Å². The highest BCUT2D eigenvalue weighted by molar-refractivity contribution is 6.01. The molecule has 0 spiro atoms. The fraction of sp³-hybridized carbons (Fsp3) is 0.273. The van der Waals surface area contributed by atoms with E-state index in [1.54, 1.807) is 10.8 Å². The van der Waals surface area contributed by atoms with E-state index in [9.17, 15) is 0 Å². The summed E-state index contributed by atoms with van der Waals surface area (Å²) in [6.07, 6.45) is 9.50. The maximum absolute atomic E-state index is 15.3. The SMILES string of the molecule is N#CC=Cc1ccc(C(=C(c2ccccc2)C2CCC2)c2ccc3c(c2)c(F)nn3C2CCCCO2)cc1. The van der Waals surface area contributed by atoms with Crippen molar-refractivity contribution in [2.45, 2.75) is 44.8 Å². The van der Waals surface area contributed by atoms with Gasteiger partial charge in [-0.3, -0.25) is 0 Å². The Kier molecular flexibility index (Phi) is 6.90. The number of nitrogens with zero attached hydrogens (tertiary/aromatic N) is 3. The normalized spacial score (nSPS) is 18.8. The Morgan fingerprint density at radius 1 is 0.921 bits per heavy atom. The van der Waals surface area contributed by atoms with Gasteiger partial charge in [-0.1, -0.05) is 67.1 Å². The maximum Gasteiger partial charge on any atom is 0.240 e. The second-order valence-electron chi connectivity index (χ2n) is 10.2. The van der Waals surface area contributed by atoms with Crippen molar-refractivity contribution in [1.29, 1.82) is 5.26 Å². The summed E-state index contributed by atoms with van der Waals surface area (Å²) in [6, 6.07) is 26.9. The minimum atomic E-state index is -0.461. The summed E-state index contributed by atoms with van der Waals surface area (Å²) in [5, 5.41) is 13.7. The van der Waals surface area contributed by atoms with Crippen LogP contribution in [0.25, 0.3) is 28.1 Å². The Bertz CT molecular complexity index is 1530. The smallest absolute Gasteiger partial charge is 0.240 e. The van der Waals surface area contributed by atoms with Crippen LogP contribution < -0.4 is 0 Å². The largest absolute Gasteiger partial charge is 0.356 e. The highest BCUT2D eigenvalue weighted by Gasteiger charge is 2.28. The third-order valence-electron chi connectivity index (χ3n) is 7.80. The van der Waals surface area contributed by atoms with Gasteiger partial charge in [-0.2, -0.15) is 9.65 Å². The van der Waals surface area contributed by atoms with Gasteiger partial charge in [0.2, 0.25) is 5.95 Å². The first kappa shape index (κ1) is 24.3. The van der Waals surface area contributed by atoms with Gasteiger partial charge in [-0.25, -0.2) is 4.68 Å². The molecule has 1 aliphatic heterocycles. The number of nitriles is 1. The van der Waals surface area contributed by atoms with Gasteiger partial charge in [0.25, 0.3) is 0 Å².